The number of hydrogen-bond acceptors (Lipinski definition) is 6. The number of benzene rings is 1. The van der Waals surface area contributed by atoms with Gasteiger partial charge < -0.3 is 22.3 Å². The van der Waals surface area contributed by atoms with Crippen LogP contribution in [0.2, 0.25) is 0 Å². The van der Waals surface area contributed by atoms with Crippen LogP contribution in [0.25, 0.3) is 0 Å². The Balaban J connectivity index is -0.000000139. The van der Waals surface area contributed by atoms with Crippen LogP contribution in [-0.2, 0) is 77.0 Å². The molecule has 0 bridgehead atoms. The van der Waals surface area contributed by atoms with Crippen LogP contribution < -0.4 is 4.72 Å². The Morgan fingerprint density at radius 2 is 1.33 bits per heavy atom. The average Bonchev–Trinajstić information content (AvgIpc) is 3.75. The molecule has 1 saturated carbocycles. The van der Waals surface area contributed by atoms with E-state index in [1.165, 1.54) is 23.8 Å². The van der Waals surface area contributed by atoms with Crippen molar-refractivity contribution in [2.45, 2.75) is 179 Å². The van der Waals surface area contributed by atoms with Crippen molar-refractivity contribution in [3.05, 3.63) is 60.1 Å². The van der Waals surface area contributed by atoms with Crippen molar-refractivity contribution in [2.24, 2.45) is 17.8 Å². The number of esters is 1. The Labute approximate surface area is 388 Å². The normalized spacial score (nSPS) is 12.7. The van der Waals surface area contributed by atoms with E-state index >= 15 is 0 Å². The molecule has 1 aromatic rings. The Hall–Kier alpha value is -0.135. The van der Waals surface area contributed by atoms with Crippen LogP contribution in [0, 0.1) is 67.5 Å². The Bertz CT molecular complexity index is 1220. The quantitative estimate of drug-likeness (QED) is 0.150. The standard InChI is InChI=1S/C12H14FNO2.C10H20.C8H16O2.C6H13NO2S.2C3H7.U.V.W/c1-8(2)16-12(15)14-6-9-4-3-5-11(13)10(9)7-14;1-9(2)7-5-6-8-10(3)4;1-6(2)7(9)10-8(3,4)5;1-5(2)7-10(8,9)6-3-4-6;2*1-3-2;;;/h3-5,8H,6-7H2,1-2H3;5-6,9-10H,7-8H2,1-4H3;6H,1-5H3;5-7H,3-4H2,1-2H3;2*3H,1-2H3;;;/q;;;;2*-1;;;/b;6-5-;;;;;;;. The smallest absolute Gasteiger partial charge is 0.410 e. The van der Waals surface area contributed by atoms with E-state index in [1.807, 2.05) is 95.1 Å². The molecule has 1 fully saturated rings. The first kappa shape index (κ1) is 66.7. The first-order valence-electron chi connectivity index (χ1n) is 19.0. The van der Waals surface area contributed by atoms with Gasteiger partial charge in [-0.2, -0.15) is 27.7 Å². The molecule has 1 amide bonds. The monoisotopic (exact) mass is 1230 g/mol. The molecule has 1 N–H and O–H groups in total. The molecule has 55 heavy (non-hydrogen) atoms. The third-order valence-corrected chi connectivity index (χ3v) is 8.29. The van der Waals surface area contributed by atoms with Crippen molar-refractivity contribution < 1.29 is 103 Å². The van der Waals surface area contributed by atoms with Gasteiger partial charge in [0.2, 0.25) is 10.0 Å². The van der Waals surface area contributed by atoms with E-state index in [-0.39, 0.29) is 118 Å². The van der Waals surface area contributed by atoms with Gasteiger partial charge in [-0.15, -0.1) is 0 Å². The number of allylic oxidation sites excluding steroid dienone is 2. The number of rotatable bonds is 9. The minimum absolute atomic E-state index is 0. The third-order valence-electron chi connectivity index (χ3n) is 6.14. The molecular weight excluding hydrogens is 1150 g/mol. The first-order valence-corrected chi connectivity index (χ1v) is 20.5. The van der Waals surface area contributed by atoms with E-state index in [0.29, 0.717) is 18.7 Å². The van der Waals surface area contributed by atoms with Crippen LogP contribution >= 0.6 is 0 Å². The summed E-state index contributed by atoms with van der Waals surface area (Å²) >= 11 is 0. The summed E-state index contributed by atoms with van der Waals surface area (Å²) in [7, 11) is -2.94. The van der Waals surface area contributed by atoms with Crippen molar-refractivity contribution in [1.29, 1.82) is 0 Å². The Kier molecular flexibility index (Phi) is 44.7. The van der Waals surface area contributed by atoms with Gasteiger partial charge in [-0.25, -0.2) is 22.3 Å². The van der Waals surface area contributed by atoms with Crippen LogP contribution in [0.5, 0.6) is 0 Å². The molecule has 0 spiro atoms. The van der Waals surface area contributed by atoms with Gasteiger partial charge in [-0.05, 0) is 97.6 Å². The summed E-state index contributed by atoms with van der Waals surface area (Å²) in [6, 6.07) is 4.94. The predicted octanol–water partition coefficient (Wildman–Crippen LogP) is 11.2. The zero-order valence-corrected chi connectivity index (χ0v) is 46.6. The fraction of sp³-hybridized carbons (Fsp3) is 0.714. The summed E-state index contributed by atoms with van der Waals surface area (Å²) in [5.74, 6) is 1.20. The summed E-state index contributed by atoms with van der Waals surface area (Å²) in [5.41, 5.74) is 1.12. The number of hydrogen-bond donors (Lipinski definition) is 1. The molecule has 3 rings (SSSR count). The molecule has 1 heterocycles. The van der Waals surface area contributed by atoms with Crippen molar-refractivity contribution in [2.75, 3.05) is 0 Å². The van der Waals surface area contributed by atoms with Crippen LogP contribution in [0.3, 0.4) is 0 Å². The molecule has 1 aromatic carbocycles. The molecule has 2 aliphatic rings. The summed E-state index contributed by atoms with van der Waals surface area (Å²) < 4.78 is 48.3. The number of amides is 1. The molecule has 0 unspecified atom stereocenters. The zero-order valence-electron chi connectivity index (χ0n) is 37.3. The van der Waals surface area contributed by atoms with Crippen molar-refractivity contribution >= 4 is 22.1 Å². The minimum Gasteiger partial charge on any atom is -0.460 e. The van der Waals surface area contributed by atoms with Gasteiger partial charge >= 0.3 is 12.1 Å². The molecule has 1 radical (unpaired) electrons. The van der Waals surface area contributed by atoms with Gasteiger partial charge in [-0.1, -0.05) is 65.8 Å². The Morgan fingerprint density at radius 1 is 0.891 bits per heavy atom. The fourth-order valence-electron chi connectivity index (χ4n) is 3.75. The number of nitrogens with one attached hydrogen (secondary N) is 1. The molecule has 1 aliphatic carbocycles. The zero-order chi connectivity index (χ0) is 41.2. The number of fused-ring (bicyclic) bond motifs is 1. The minimum atomic E-state index is -2.94. The summed E-state index contributed by atoms with van der Waals surface area (Å²) in [5, 5.41) is -0.0881. The van der Waals surface area contributed by atoms with E-state index in [4.69, 9.17) is 9.47 Å². The van der Waals surface area contributed by atoms with Gasteiger partial charge in [-0.3, -0.25) is 9.69 Å². The third kappa shape index (κ3) is 40.4. The Morgan fingerprint density at radius 3 is 1.62 bits per heavy atom. The molecule has 1 aliphatic heterocycles. The second-order valence-corrected chi connectivity index (χ2v) is 17.7. The molecule has 0 aromatic heterocycles. The van der Waals surface area contributed by atoms with Gasteiger partial charge in [0.05, 0.1) is 23.8 Å². The maximum Gasteiger partial charge on any atom is 0.410 e. The van der Waals surface area contributed by atoms with Crippen LogP contribution in [0.4, 0.5) is 9.18 Å². The molecule has 8 nitrogen and oxygen atoms in total. The van der Waals surface area contributed by atoms with E-state index in [0.717, 1.165) is 30.2 Å². The summed E-state index contributed by atoms with van der Waals surface area (Å²) in [6.07, 6.45) is 12.2. The van der Waals surface area contributed by atoms with Crippen molar-refractivity contribution in [1.82, 2.24) is 9.62 Å². The fourth-order valence-corrected chi connectivity index (χ4v) is 5.35. The van der Waals surface area contributed by atoms with Crippen LogP contribution in [0.15, 0.2) is 30.4 Å². The average molecular weight is 1230 g/mol. The number of halogens is 1. The number of carbonyl (C=O) groups is 2. The number of ether oxygens (including phenoxy) is 2. The first-order chi connectivity index (χ1) is 23.9. The predicted molar refractivity (Wildman–Crippen MR) is 218 cm³/mol. The maximum absolute atomic E-state index is 13.4. The number of nitrogens with zero attached hydrogens (tertiary/aromatic N) is 1. The SMILES string of the molecule is CC(C)C(=O)OC(C)(C)C.CC(C)C/C=C\CC(C)C.CC(C)NS(=O)(=O)C1CC1.CC(C)OC(=O)N1Cc2cccc(F)c2C1.C[CH-]C.C[CH-]C.[U].[V].[W]. The molecule has 0 atom stereocenters. The topological polar surface area (TPSA) is 102 Å². The molecule has 0 saturated heterocycles. The van der Waals surface area contributed by atoms with Gasteiger partial charge in [0, 0.05) is 88.9 Å². The largest absolute Gasteiger partial charge is 0.460 e. The second kappa shape index (κ2) is 36.9. The van der Waals surface area contributed by atoms with Crippen molar-refractivity contribution in [3.8, 4) is 0 Å². The van der Waals surface area contributed by atoms with Gasteiger partial charge in [0.25, 0.3) is 0 Å². The molecular formula is C42H77FN2O6SUVW-2. The van der Waals surface area contributed by atoms with Crippen molar-refractivity contribution in [3.63, 3.8) is 0 Å². The second-order valence-electron chi connectivity index (χ2n) is 15.8. The maximum atomic E-state index is 13.4. The summed E-state index contributed by atoms with van der Waals surface area (Å²) in [6.45, 7) is 34.2. The van der Waals surface area contributed by atoms with E-state index in [1.54, 1.807) is 19.9 Å². The number of sulfonamides is 1. The van der Waals surface area contributed by atoms with E-state index in [2.05, 4.69) is 44.6 Å². The molecule has 13 heteroatoms. The van der Waals surface area contributed by atoms with Crippen LogP contribution in [-0.4, -0.2) is 48.4 Å². The number of carbonyl (C=O) groups excluding carboxylic acids is 2. The van der Waals surface area contributed by atoms with Gasteiger partial charge in [0.1, 0.15) is 11.4 Å². The van der Waals surface area contributed by atoms with Crippen LogP contribution in [0.1, 0.15) is 155 Å². The summed E-state index contributed by atoms with van der Waals surface area (Å²) in [4.78, 5) is 24.1. The van der Waals surface area contributed by atoms with E-state index in [9.17, 15) is 22.4 Å². The van der Waals surface area contributed by atoms with E-state index < -0.39 is 10.0 Å². The molecule has 321 valence electrons. The van der Waals surface area contributed by atoms with Gasteiger partial charge in [0.15, 0.2) is 0 Å².